The highest BCUT2D eigenvalue weighted by Crippen LogP contribution is 2.22. The fourth-order valence-electron chi connectivity index (χ4n) is 2.36. The van der Waals surface area contributed by atoms with Gasteiger partial charge in [-0.05, 0) is 36.3 Å². The van der Waals surface area contributed by atoms with Crippen molar-refractivity contribution in [2.24, 2.45) is 0 Å². The van der Waals surface area contributed by atoms with Gasteiger partial charge in [0, 0.05) is 11.1 Å². The quantitative estimate of drug-likeness (QED) is 0.466. The second-order valence-electron chi connectivity index (χ2n) is 5.32. The zero-order valence-corrected chi connectivity index (χ0v) is 13.0. The van der Waals surface area contributed by atoms with E-state index in [1.54, 1.807) is 12.2 Å². The zero-order chi connectivity index (χ0) is 16.1. The van der Waals surface area contributed by atoms with Crippen LogP contribution in [-0.2, 0) is 6.42 Å². The number of furan rings is 1. The predicted octanol–water partition coefficient (Wildman–Crippen LogP) is 5.41. The smallest absolute Gasteiger partial charge is 0.185 e. The Balaban J connectivity index is 1.72. The summed E-state index contributed by atoms with van der Waals surface area (Å²) in [6, 6.07) is 21.4. The van der Waals surface area contributed by atoms with Gasteiger partial charge in [-0.2, -0.15) is 0 Å². The van der Waals surface area contributed by atoms with Gasteiger partial charge in [0.2, 0.25) is 0 Å². The summed E-state index contributed by atoms with van der Waals surface area (Å²) in [5, 5.41) is 0. The molecule has 1 aromatic heterocycles. The number of carbonyl (C=O) groups excluding carboxylic acids is 1. The van der Waals surface area contributed by atoms with Crippen LogP contribution < -0.4 is 0 Å². The molecule has 2 heteroatoms. The van der Waals surface area contributed by atoms with Crippen molar-refractivity contribution < 1.29 is 9.21 Å². The van der Waals surface area contributed by atoms with Gasteiger partial charge in [0.1, 0.15) is 11.5 Å². The number of hydrogen-bond donors (Lipinski definition) is 0. The van der Waals surface area contributed by atoms with Crippen LogP contribution in [0.2, 0.25) is 0 Å². The summed E-state index contributed by atoms with van der Waals surface area (Å²) < 4.78 is 5.75. The van der Waals surface area contributed by atoms with Gasteiger partial charge in [0.05, 0.1) is 0 Å². The molecule has 0 aliphatic heterocycles. The van der Waals surface area contributed by atoms with Gasteiger partial charge in [-0.1, -0.05) is 61.5 Å². The number of rotatable bonds is 5. The molecule has 3 rings (SSSR count). The van der Waals surface area contributed by atoms with E-state index in [0.29, 0.717) is 11.3 Å². The van der Waals surface area contributed by atoms with Crippen LogP contribution in [0.3, 0.4) is 0 Å². The van der Waals surface area contributed by atoms with Crippen LogP contribution in [0.1, 0.15) is 28.6 Å². The van der Waals surface area contributed by atoms with Gasteiger partial charge in [-0.15, -0.1) is 0 Å². The number of ketones is 1. The van der Waals surface area contributed by atoms with E-state index in [2.05, 4.69) is 6.92 Å². The minimum atomic E-state index is -0.0229. The van der Waals surface area contributed by atoms with Crippen molar-refractivity contribution in [2.75, 3.05) is 0 Å². The molecule has 0 N–H and O–H groups in total. The summed E-state index contributed by atoms with van der Waals surface area (Å²) in [4.78, 5) is 12.2. The number of carbonyl (C=O) groups is 1. The van der Waals surface area contributed by atoms with Crippen LogP contribution in [0.15, 0.2) is 77.2 Å². The topological polar surface area (TPSA) is 30.2 Å². The predicted molar refractivity (Wildman–Crippen MR) is 93.3 cm³/mol. The highest BCUT2D eigenvalue weighted by Gasteiger charge is 2.04. The lowest BCUT2D eigenvalue weighted by molar-refractivity contribution is 0.104. The molecule has 0 spiro atoms. The molecule has 114 valence electrons. The molecule has 0 radical (unpaired) electrons. The Bertz CT molecular complexity index is 809. The fourth-order valence-corrected chi connectivity index (χ4v) is 2.36. The maximum Gasteiger partial charge on any atom is 0.185 e. The van der Waals surface area contributed by atoms with E-state index >= 15 is 0 Å². The van der Waals surface area contributed by atoms with E-state index < -0.39 is 0 Å². The maximum absolute atomic E-state index is 12.2. The van der Waals surface area contributed by atoms with E-state index in [9.17, 15) is 4.79 Å². The third-order valence-corrected chi connectivity index (χ3v) is 3.73. The zero-order valence-electron chi connectivity index (χ0n) is 13.0. The van der Waals surface area contributed by atoms with Crippen molar-refractivity contribution in [2.45, 2.75) is 13.3 Å². The lowest BCUT2D eigenvalue weighted by atomic mass is 10.1. The number of benzene rings is 2. The first-order chi connectivity index (χ1) is 11.3. The molecule has 3 aromatic rings. The Kier molecular flexibility index (Phi) is 4.53. The average molecular weight is 302 g/mol. The SMILES string of the molecule is CCc1ccc(C(=O)/C=C/c2ccc(-c3ccccc3)o2)cc1. The molecule has 0 bridgehead atoms. The second-order valence-corrected chi connectivity index (χ2v) is 5.32. The summed E-state index contributed by atoms with van der Waals surface area (Å²) in [6.07, 6.45) is 4.23. The summed E-state index contributed by atoms with van der Waals surface area (Å²) in [5.41, 5.74) is 2.94. The Hall–Kier alpha value is -2.87. The first-order valence-corrected chi connectivity index (χ1v) is 7.73. The highest BCUT2D eigenvalue weighted by molar-refractivity contribution is 6.06. The van der Waals surface area contributed by atoms with Crippen LogP contribution in [0.4, 0.5) is 0 Å². The molecule has 2 aromatic carbocycles. The first-order valence-electron chi connectivity index (χ1n) is 7.73. The molecule has 0 fully saturated rings. The van der Waals surface area contributed by atoms with Gasteiger partial charge in [0.25, 0.3) is 0 Å². The van der Waals surface area contributed by atoms with Crippen LogP contribution >= 0.6 is 0 Å². The summed E-state index contributed by atoms with van der Waals surface area (Å²) in [6.45, 7) is 2.10. The molecule has 0 amide bonds. The molecule has 0 aliphatic rings. The molecule has 0 unspecified atom stereocenters. The van der Waals surface area contributed by atoms with E-state index in [1.165, 1.54) is 5.56 Å². The van der Waals surface area contributed by atoms with Crippen molar-refractivity contribution in [3.63, 3.8) is 0 Å². The van der Waals surface area contributed by atoms with Crippen molar-refractivity contribution in [1.29, 1.82) is 0 Å². The third-order valence-electron chi connectivity index (χ3n) is 3.73. The van der Waals surface area contributed by atoms with Gasteiger partial charge in [-0.25, -0.2) is 0 Å². The van der Waals surface area contributed by atoms with Crippen molar-refractivity contribution in [1.82, 2.24) is 0 Å². The van der Waals surface area contributed by atoms with Crippen molar-refractivity contribution >= 4 is 11.9 Å². The average Bonchev–Trinajstić information content (AvgIpc) is 3.09. The second kappa shape index (κ2) is 6.93. The third kappa shape index (κ3) is 3.67. The van der Waals surface area contributed by atoms with E-state index in [-0.39, 0.29) is 5.78 Å². The van der Waals surface area contributed by atoms with Gasteiger partial charge in [-0.3, -0.25) is 4.79 Å². The van der Waals surface area contributed by atoms with Crippen LogP contribution in [0, 0.1) is 0 Å². The Morgan fingerprint density at radius 2 is 1.70 bits per heavy atom. The minimum absolute atomic E-state index is 0.0229. The molecule has 1 heterocycles. The maximum atomic E-state index is 12.2. The minimum Gasteiger partial charge on any atom is -0.457 e. The number of allylic oxidation sites excluding steroid dienone is 1. The Labute approximate surface area is 136 Å². The highest BCUT2D eigenvalue weighted by atomic mass is 16.3. The molecular weight excluding hydrogens is 284 g/mol. The number of hydrogen-bond acceptors (Lipinski definition) is 2. The summed E-state index contributed by atoms with van der Waals surface area (Å²) in [5.74, 6) is 1.44. The fraction of sp³-hybridized carbons (Fsp3) is 0.0952. The van der Waals surface area contributed by atoms with Gasteiger partial charge < -0.3 is 4.42 Å². The molecular formula is C21H18O2. The summed E-state index contributed by atoms with van der Waals surface area (Å²) >= 11 is 0. The van der Waals surface area contributed by atoms with Crippen LogP contribution in [0.5, 0.6) is 0 Å². The Morgan fingerprint density at radius 3 is 2.39 bits per heavy atom. The molecule has 2 nitrogen and oxygen atoms in total. The van der Waals surface area contributed by atoms with E-state index in [0.717, 1.165) is 17.7 Å². The molecule has 0 aliphatic carbocycles. The Morgan fingerprint density at radius 1 is 0.957 bits per heavy atom. The van der Waals surface area contributed by atoms with Crippen LogP contribution in [-0.4, -0.2) is 5.78 Å². The molecule has 0 saturated carbocycles. The van der Waals surface area contributed by atoms with Crippen molar-refractivity contribution in [3.8, 4) is 11.3 Å². The lowest BCUT2D eigenvalue weighted by Gasteiger charge is -1.98. The first kappa shape index (κ1) is 15.0. The van der Waals surface area contributed by atoms with E-state index in [4.69, 9.17) is 4.42 Å². The van der Waals surface area contributed by atoms with Crippen molar-refractivity contribution in [3.05, 3.63) is 89.7 Å². The number of aryl methyl sites for hydroxylation is 1. The van der Waals surface area contributed by atoms with Crippen LogP contribution in [0.25, 0.3) is 17.4 Å². The normalized spacial score (nSPS) is 11.0. The monoisotopic (exact) mass is 302 g/mol. The summed E-state index contributed by atoms with van der Waals surface area (Å²) in [7, 11) is 0. The molecule has 0 saturated heterocycles. The van der Waals surface area contributed by atoms with Gasteiger partial charge >= 0.3 is 0 Å². The largest absolute Gasteiger partial charge is 0.457 e. The van der Waals surface area contributed by atoms with Gasteiger partial charge in [0.15, 0.2) is 5.78 Å². The molecule has 23 heavy (non-hydrogen) atoms. The van der Waals surface area contributed by atoms with E-state index in [1.807, 2.05) is 66.7 Å². The lowest BCUT2D eigenvalue weighted by Crippen LogP contribution is -1.94. The molecule has 0 atom stereocenters. The standard InChI is InChI=1S/C21H18O2/c1-2-16-8-10-17(11-9-16)20(22)14-12-19-13-15-21(23-19)18-6-4-3-5-7-18/h3-15H,2H2,1H3/b14-12+.